The molecule has 1 atom stereocenters. The van der Waals surface area contributed by atoms with Crippen molar-refractivity contribution in [3.63, 3.8) is 0 Å². The Balaban J connectivity index is 3.46. The lowest BCUT2D eigenvalue weighted by Crippen LogP contribution is -2.28. The highest BCUT2D eigenvalue weighted by atomic mass is 35.5. The molecule has 0 aromatic heterocycles. The molecule has 1 N–H and O–H groups in total. The Labute approximate surface area is 58.2 Å². The largest absolute Gasteiger partial charge is 0.358 e. The van der Waals surface area contributed by atoms with Gasteiger partial charge >= 0.3 is 0 Å². The van der Waals surface area contributed by atoms with E-state index in [4.69, 9.17) is 23.2 Å². The van der Waals surface area contributed by atoms with Gasteiger partial charge in [-0.15, -0.1) is 23.2 Å². The summed E-state index contributed by atoms with van der Waals surface area (Å²) in [5.41, 5.74) is 0. The maximum atomic E-state index is 10.4. The summed E-state index contributed by atoms with van der Waals surface area (Å²) in [6, 6.07) is 0. The fraction of sp³-hybridized carbons (Fsp3) is 0.750. The minimum atomic E-state index is -0.596. The summed E-state index contributed by atoms with van der Waals surface area (Å²) < 4.78 is 0. The van der Waals surface area contributed by atoms with Gasteiger partial charge in [-0.3, -0.25) is 4.79 Å². The standard InChI is InChI=1S/C4H7Cl2NO/c1-7-4(8)3(6)2-5/h3H,2H2,1H3,(H,7,8). The quantitative estimate of drug-likeness (QED) is 0.582. The van der Waals surface area contributed by atoms with Gasteiger partial charge in [0.05, 0.1) is 0 Å². The highest BCUT2D eigenvalue weighted by molar-refractivity contribution is 6.35. The number of alkyl halides is 2. The van der Waals surface area contributed by atoms with E-state index >= 15 is 0 Å². The molecule has 0 spiro atoms. The van der Waals surface area contributed by atoms with E-state index in [1.807, 2.05) is 0 Å². The van der Waals surface area contributed by atoms with Crippen molar-refractivity contribution in [2.24, 2.45) is 0 Å². The Bertz CT molecular complexity index is 86.1. The van der Waals surface area contributed by atoms with Crippen LogP contribution in [0.25, 0.3) is 0 Å². The van der Waals surface area contributed by atoms with Crippen LogP contribution in [0.15, 0.2) is 0 Å². The van der Waals surface area contributed by atoms with Crippen LogP contribution in [0, 0.1) is 0 Å². The average molecular weight is 156 g/mol. The number of carbonyl (C=O) groups excluding carboxylic acids is 1. The van der Waals surface area contributed by atoms with E-state index in [1.54, 1.807) is 0 Å². The van der Waals surface area contributed by atoms with Gasteiger partial charge in [0.15, 0.2) is 0 Å². The molecule has 0 aliphatic heterocycles. The predicted octanol–water partition coefficient (Wildman–Crippen LogP) is 0.579. The zero-order valence-corrected chi connectivity index (χ0v) is 5.96. The van der Waals surface area contributed by atoms with Crippen LogP contribution in [0.4, 0.5) is 0 Å². The van der Waals surface area contributed by atoms with Gasteiger partial charge in [0.1, 0.15) is 5.38 Å². The van der Waals surface area contributed by atoms with Crippen LogP contribution >= 0.6 is 23.2 Å². The predicted molar refractivity (Wildman–Crippen MR) is 34.4 cm³/mol. The first-order valence-electron chi connectivity index (χ1n) is 2.14. The molecule has 8 heavy (non-hydrogen) atoms. The zero-order valence-electron chi connectivity index (χ0n) is 4.45. The summed E-state index contributed by atoms with van der Waals surface area (Å²) in [5, 5.41) is 1.76. The van der Waals surface area contributed by atoms with Crippen LogP contribution in [-0.2, 0) is 4.79 Å². The second kappa shape index (κ2) is 3.98. The van der Waals surface area contributed by atoms with Crippen molar-refractivity contribution in [2.45, 2.75) is 5.38 Å². The summed E-state index contributed by atoms with van der Waals surface area (Å²) in [6.45, 7) is 0. The number of hydrogen-bond donors (Lipinski definition) is 1. The maximum absolute atomic E-state index is 10.4. The van der Waals surface area contributed by atoms with E-state index in [1.165, 1.54) is 7.05 Å². The van der Waals surface area contributed by atoms with Gasteiger partial charge in [0.2, 0.25) is 5.91 Å². The Hall–Kier alpha value is 0.0500. The second-order valence-corrected chi connectivity index (χ2v) is 2.07. The zero-order chi connectivity index (χ0) is 6.57. The van der Waals surface area contributed by atoms with Crippen LogP contribution < -0.4 is 5.32 Å². The number of amides is 1. The highest BCUT2D eigenvalue weighted by Crippen LogP contribution is 1.96. The van der Waals surface area contributed by atoms with E-state index in [9.17, 15) is 4.79 Å². The average Bonchev–Trinajstić information content (AvgIpc) is 1.84. The van der Waals surface area contributed by atoms with Crippen LogP contribution in [0.5, 0.6) is 0 Å². The van der Waals surface area contributed by atoms with Crippen LogP contribution in [0.1, 0.15) is 0 Å². The van der Waals surface area contributed by atoms with Crippen LogP contribution in [0.2, 0.25) is 0 Å². The van der Waals surface area contributed by atoms with Crippen molar-refractivity contribution in [1.82, 2.24) is 5.32 Å². The van der Waals surface area contributed by atoms with Crippen molar-refractivity contribution < 1.29 is 4.79 Å². The summed E-state index contributed by atoms with van der Waals surface area (Å²) in [4.78, 5) is 10.4. The number of hydrogen-bond acceptors (Lipinski definition) is 1. The molecule has 0 aliphatic rings. The van der Waals surface area contributed by atoms with E-state index in [-0.39, 0.29) is 11.8 Å². The lowest BCUT2D eigenvalue weighted by molar-refractivity contribution is -0.119. The molecule has 0 aromatic carbocycles. The van der Waals surface area contributed by atoms with Crippen molar-refractivity contribution >= 4 is 29.1 Å². The van der Waals surface area contributed by atoms with Crippen molar-refractivity contribution in [3.8, 4) is 0 Å². The number of carbonyl (C=O) groups is 1. The Kier molecular flexibility index (Phi) is 4.01. The second-order valence-electron chi connectivity index (χ2n) is 1.24. The molecule has 0 fully saturated rings. The SMILES string of the molecule is CNC(=O)C(Cl)CCl. The van der Waals surface area contributed by atoms with Crippen molar-refractivity contribution in [1.29, 1.82) is 0 Å². The van der Waals surface area contributed by atoms with Gasteiger partial charge < -0.3 is 5.32 Å². The molecule has 2 nitrogen and oxygen atoms in total. The molecule has 0 heterocycles. The summed E-state index contributed by atoms with van der Waals surface area (Å²) in [6.07, 6.45) is 0. The molecular formula is C4H7Cl2NO. The molecule has 0 saturated heterocycles. The van der Waals surface area contributed by atoms with Gasteiger partial charge in [-0.1, -0.05) is 0 Å². The van der Waals surface area contributed by atoms with Gasteiger partial charge in [-0.2, -0.15) is 0 Å². The minimum Gasteiger partial charge on any atom is -0.358 e. The summed E-state index contributed by atoms with van der Waals surface area (Å²) >= 11 is 10.6. The van der Waals surface area contributed by atoms with Crippen molar-refractivity contribution in [3.05, 3.63) is 0 Å². The Morgan fingerprint density at radius 2 is 2.38 bits per heavy atom. The van der Waals surface area contributed by atoms with Gasteiger partial charge in [-0.25, -0.2) is 0 Å². The molecule has 0 radical (unpaired) electrons. The lowest BCUT2D eigenvalue weighted by atomic mass is 10.4. The van der Waals surface area contributed by atoms with Crippen LogP contribution in [0.3, 0.4) is 0 Å². The molecule has 0 aliphatic carbocycles. The molecule has 0 saturated carbocycles. The molecule has 4 heteroatoms. The van der Waals surface area contributed by atoms with E-state index in [2.05, 4.69) is 5.32 Å². The van der Waals surface area contributed by atoms with Gasteiger partial charge in [0.25, 0.3) is 0 Å². The number of halogens is 2. The van der Waals surface area contributed by atoms with Crippen LogP contribution in [-0.4, -0.2) is 24.2 Å². The summed E-state index contributed by atoms with van der Waals surface area (Å²) in [5.74, 6) is -0.0806. The van der Waals surface area contributed by atoms with E-state index in [0.29, 0.717) is 0 Å². The first-order chi connectivity index (χ1) is 3.72. The normalized spacial score (nSPS) is 12.9. The van der Waals surface area contributed by atoms with Gasteiger partial charge in [-0.05, 0) is 0 Å². The Morgan fingerprint density at radius 3 is 2.50 bits per heavy atom. The molecular weight excluding hydrogens is 149 g/mol. The molecule has 0 aromatic rings. The maximum Gasteiger partial charge on any atom is 0.239 e. The van der Waals surface area contributed by atoms with Gasteiger partial charge in [0, 0.05) is 12.9 Å². The third-order valence-electron chi connectivity index (χ3n) is 0.666. The number of rotatable bonds is 2. The highest BCUT2D eigenvalue weighted by Gasteiger charge is 2.09. The van der Waals surface area contributed by atoms with Crippen molar-refractivity contribution in [2.75, 3.05) is 12.9 Å². The lowest BCUT2D eigenvalue weighted by Gasteiger charge is -2.00. The fourth-order valence-electron chi connectivity index (χ4n) is 0.227. The smallest absolute Gasteiger partial charge is 0.239 e. The topological polar surface area (TPSA) is 29.1 Å². The van der Waals surface area contributed by atoms with E-state index in [0.717, 1.165) is 0 Å². The Morgan fingerprint density at radius 1 is 1.88 bits per heavy atom. The molecule has 0 rings (SSSR count). The third kappa shape index (κ3) is 2.38. The summed E-state index contributed by atoms with van der Waals surface area (Å²) in [7, 11) is 1.52. The monoisotopic (exact) mass is 155 g/mol. The minimum absolute atomic E-state index is 0.154. The third-order valence-corrected chi connectivity index (χ3v) is 1.49. The first kappa shape index (κ1) is 8.05. The molecule has 0 bridgehead atoms. The molecule has 48 valence electrons. The van der Waals surface area contributed by atoms with E-state index < -0.39 is 5.38 Å². The molecule has 1 unspecified atom stereocenters. The fourth-order valence-corrected chi connectivity index (χ4v) is 0.476. The molecule has 1 amide bonds. The first-order valence-corrected chi connectivity index (χ1v) is 3.11. The number of nitrogens with one attached hydrogen (secondary N) is 1.